The number of piperazine rings is 1. The van der Waals surface area contributed by atoms with Gasteiger partial charge in [-0.1, -0.05) is 30.3 Å². The molecule has 2 unspecified atom stereocenters. The molecule has 1 aliphatic rings. The molecule has 0 amide bonds. The third-order valence-corrected chi connectivity index (χ3v) is 3.55. The van der Waals surface area contributed by atoms with Crippen molar-refractivity contribution in [3.8, 4) is 0 Å². The third kappa shape index (κ3) is 2.88. The summed E-state index contributed by atoms with van der Waals surface area (Å²) in [7, 11) is 0. The van der Waals surface area contributed by atoms with Crippen LogP contribution in [0.1, 0.15) is 39.3 Å². The van der Waals surface area contributed by atoms with Crippen LogP contribution < -0.4 is 5.32 Å². The van der Waals surface area contributed by atoms with Crippen LogP contribution in [-0.2, 0) is 0 Å². The fraction of sp³-hybridized carbons (Fsp3) is 0.600. The molecule has 94 valence electrons. The summed E-state index contributed by atoms with van der Waals surface area (Å²) in [5.41, 5.74) is 1.64. The molecule has 1 aromatic rings. The molecule has 1 aromatic carbocycles. The van der Waals surface area contributed by atoms with E-state index in [-0.39, 0.29) is 5.54 Å². The molecule has 2 heteroatoms. The van der Waals surface area contributed by atoms with Gasteiger partial charge in [-0.2, -0.15) is 0 Å². The minimum atomic E-state index is 0.219. The lowest BCUT2D eigenvalue weighted by molar-refractivity contribution is 0.0438. The van der Waals surface area contributed by atoms with Crippen LogP contribution in [0.4, 0.5) is 0 Å². The zero-order valence-corrected chi connectivity index (χ0v) is 11.4. The maximum atomic E-state index is 3.59. The molecule has 1 aliphatic heterocycles. The van der Waals surface area contributed by atoms with Crippen molar-refractivity contribution in [2.75, 3.05) is 13.1 Å². The molecule has 0 bridgehead atoms. The van der Waals surface area contributed by atoms with Crippen LogP contribution in [0.25, 0.3) is 0 Å². The van der Waals surface area contributed by atoms with Crippen LogP contribution in [0, 0.1) is 0 Å². The Labute approximate surface area is 105 Å². The molecule has 0 radical (unpaired) electrons. The lowest BCUT2D eigenvalue weighted by atomic mass is 9.94. The van der Waals surface area contributed by atoms with Crippen LogP contribution in [0.2, 0.25) is 0 Å². The van der Waals surface area contributed by atoms with Crippen LogP contribution in [-0.4, -0.2) is 29.6 Å². The molecule has 2 atom stereocenters. The lowest BCUT2D eigenvalue weighted by Crippen LogP contribution is -2.57. The van der Waals surface area contributed by atoms with E-state index in [1.165, 1.54) is 5.56 Å². The monoisotopic (exact) mass is 232 g/mol. The zero-order chi connectivity index (χ0) is 12.5. The van der Waals surface area contributed by atoms with Crippen molar-refractivity contribution < 1.29 is 0 Å². The minimum absolute atomic E-state index is 0.219. The summed E-state index contributed by atoms with van der Waals surface area (Å²) in [6.07, 6.45) is 0. The molecule has 2 nitrogen and oxygen atoms in total. The second-order valence-electron chi connectivity index (χ2n) is 6.06. The highest BCUT2D eigenvalue weighted by atomic mass is 15.3. The van der Waals surface area contributed by atoms with Crippen LogP contribution in [0.3, 0.4) is 0 Å². The van der Waals surface area contributed by atoms with Gasteiger partial charge >= 0.3 is 0 Å². The van der Waals surface area contributed by atoms with Gasteiger partial charge in [0, 0.05) is 30.7 Å². The summed E-state index contributed by atoms with van der Waals surface area (Å²) < 4.78 is 0. The number of benzene rings is 1. The van der Waals surface area contributed by atoms with Gasteiger partial charge in [-0.05, 0) is 33.3 Å². The minimum Gasteiger partial charge on any atom is -0.311 e. The van der Waals surface area contributed by atoms with Crippen molar-refractivity contribution >= 4 is 0 Å². The van der Waals surface area contributed by atoms with Crippen molar-refractivity contribution in [1.82, 2.24) is 10.2 Å². The quantitative estimate of drug-likeness (QED) is 0.801. The number of nitrogens with zero attached hydrogens (tertiary/aromatic N) is 1. The highest BCUT2D eigenvalue weighted by Gasteiger charge is 2.33. The van der Waals surface area contributed by atoms with E-state index in [9.17, 15) is 0 Å². The summed E-state index contributed by atoms with van der Waals surface area (Å²) in [5, 5.41) is 3.59. The number of rotatable bonds is 1. The first-order chi connectivity index (χ1) is 7.98. The fourth-order valence-corrected chi connectivity index (χ4v) is 2.62. The molecule has 17 heavy (non-hydrogen) atoms. The second kappa shape index (κ2) is 4.79. The zero-order valence-electron chi connectivity index (χ0n) is 11.4. The first-order valence-corrected chi connectivity index (χ1v) is 6.53. The first-order valence-electron chi connectivity index (χ1n) is 6.53. The molecule has 1 heterocycles. The Hall–Kier alpha value is -0.860. The van der Waals surface area contributed by atoms with Gasteiger partial charge in [-0.15, -0.1) is 0 Å². The van der Waals surface area contributed by atoms with Gasteiger partial charge in [0.05, 0.1) is 0 Å². The van der Waals surface area contributed by atoms with Gasteiger partial charge in [0.15, 0.2) is 0 Å². The Balaban J connectivity index is 2.25. The Bertz CT molecular complexity index is 353. The normalized spacial score (nSPS) is 27.1. The third-order valence-electron chi connectivity index (χ3n) is 3.55. The van der Waals surface area contributed by atoms with Crippen molar-refractivity contribution in [1.29, 1.82) is 0 Å². The van der Waals surface area contributed by atoms with Gasteiger partial charge in [0.1, 0.15) is 0 Å². The van der Waals surface area contributed by atoms with Crippen LogP contribution in [0.15, 0.2) is 30.3 Å². The smallest absolute Gasteiger partial charge is 0.0478 e. The van der Waals surface area contributed by atoms with Gasteiger partial charge in [0.25, 0.3) is 0 Å². The van der Waals surface area contributed by atoms with Gasteiger partial charge in [0.2, 0.25) is 0 Å². The lowest BCUT2D eigenvalue weighted by Gasteiger charge is -2.47. The Morgan fingerprint density at radius 3 is 2.41 bits per heavy atom. The van der Waals surface area contributed by atoms with E-state index in [0.29, 0.717) is 12.1 Å². The molecule has 0 aliphatic carbocycles. The number of hydrogen-bond acceptors (Lipinski definition) is 2. The van der Waals surface area contributed by atoms with E-state index in [4.69, 9.17) is 0 Å². The number of nitrogens with one attached hydrogen (secondary N) is 1. The van der Waals surface area contributed by atoms with E-state index in [0.717, 1.165) is 13.1 Å². The summed E-state index contributed by atoms with van der Waals surface area (Å²) in [5.74, 6) is 0. The van der Waals surface area contributed by atoms with Crippen LogP contribution in [0.5, 0.6) is 0 Å². The predicted molar refractivity (Wildman–Crippen MR) is 73.1 cm³/mol. The molecular formula is C15H24N2. The molecular weight excluding hydrogens is 208 g/mol. The van der Waals surface area contributed by atoms with E-state index in [1.54, 1.807) is 0 Å². The van der Waals surface area contributed by atoms with E-state index >= 15 is 0 Å². The highest BCUT2D eigenvalue weighted by Crippen LogP contribution is 2.30. The fourth-order valence-electron chi connectivity index (χ4n) is 2.62. The van der Waals surface area contributed by atoms with Crippen molar-refractivity contribution in [3.05, 3.63) is 35.9 Å². The maximum absolute atomic E-state index is 3.59. The first kappa shape index (κ1) is 12.6. The van der Waals surface area contributed by atoms with Crippen LogP contribution >= 0.6 is 0 Å². The van der Waals surface area contributed by atoms with Crippen molar-refractivity contribution in [2.45, 2.75) is 45.3 Å². The molecule has 1 fully saturated rings. The SMILES string of the molecule is CC1CN(C(C)(C)C)C(c2ccccc2)CN1. The van der Waals surface area contributed by atoms with E-state index < -0.39 is 0 Å². The maximum Gasteiger partial charge on any atom is 0.0478 e. The largest absolute Gasteiger partial charge is 0.311 e. The molecule has 1 N–H and O–H groups in total. The Morgan fingerprint density at radius 1 is 1.18 bits per heavy atom. The van der Waals surface area contributed by atoms with E-state index in [1.807, 2.05) is 0 Å². The molecule has 0 saturated carbocycles. The van der Waals surface area contributed by atoms with Crippen molar-refractivity contribution in [3.63, 3.8) is 0 Å². The van der Waals surface area contributed by atoms with Gasteiger partial charge < -0.3 is 5.32 Å². The van der Waals surface area contributed by atoms with Gasteiger partial charge in [-0.25, -0.2) is 0 Å². The van der Waals surface area contributed by atoms with E-state index in [2.05, 4.69) is 68.2 Å². The molecule has 0 aromatic heterocycles. The second-order valence-corrected chi connectivity index (χ2v) is 6.06. The summed E-state index contributed by atoms with van der Waals surface area (Å²) in [4.78, 5) is 2.61. The molecule has 1 saturated heterocycles. The van der Waals surface area contributed by atoms with Crippen molar-refractivity contribution in [2.24, 2.45) is 0 Å². The highest BCUT2D eigenvalue weighted by molar-refractivity contribution is 5.21. The molecule has 2 rings (SSSR count). The van der Waals surface area contributed by atoms with Gasteiger partial charge in [-0.3, -0.25) is 4.90 Å². The average molecular weight is 232 g/mol. The summed E-state index contributed by atoms with van der Waals surface area (Å²) in [6, 6.07) is 11.9. The topological polar surface area (TPSA) is 15.3 Å². The molecule has 0 spiro atoms. The summed E-state index contributed by atoms with van der Waals surface area (Å²) >= 11 is 0. The Kier molecular flexibility index (Phi) is 3.55. The predicted octanol–water partition coefficient (Wildman–Crippen LogP) is 2.82. The summed E-state index contributed by atoms with van der Waals surface area (Å²) in [6.45, 7) is 11.3. The average Bonchev–Trinajstić information content (AvgIpc) is 2.29. The number of hydrogen-bond donors (Lipinski definition) is 1. The Morgan fingerprint density at radius 2 is 1.82 bits per heavy atom. The standard InChI is InChI=1S/C15H24N2/c1-12-11-17(15(2,3)4)14(10-16-12)13-8-6-5-7-9-13/h5-9,12,14,16H,10-11H2,1-4H3.